The maximum absolute atomic E-state index is 15.8. The lowest BCUT2D eigenvalue weighted by molar-refractivity contribution is -0.0132. The van der Waals surface area contributed by atoms with Crippen LogP contribution in [-0.4, -0.2) is 63.2 Å². The highest BCUT2D eigenvalue weighted by Crippen LogP contribution is 2.50. The van der Waals surface area contributed by atoms with Gasteiger partial charge in [-0.2, -0.15) is 10.2 Å². The first-order valence-corrected chi connectivity index (χ1v) is 18.4. The van der Waals surface area contributed by atoms with Crippen molar-refractivity contribution in [2.24, 2.45) is 7.05 Å². The summed E-state index contributed by atoms with van der Waals surface area (Å²) in [6, 6.07) is 15.0. The van der Waals surface area contributed by atoms with Crippen LogP contribution in [-0.2, 0) is 24.8 Å². The second-order valence-electron chi connectivity index (χ2n) is 15.2. The van der Waals surface area contributed by atoms with Crippen molar-refractivity contribution >= 4 is 27.7 Å². The number of aromatic nitrogens is 7. The predicted octanol–water partition coefficient (Wildman–Crippen LogP) is 6.70. The van der Waals surface area contributed by atoms with Crippen molar-refractivity contribution < 1.29 is 18.3 Å². The number of amides is 1. The first kappa shape index (κ1) is 32.8. The van der Waals surface area contributed by atoms with Crippen molar-refractivity contribution in [3.63, 3.8) is 0 Å². The summed E-state index contributed by atoms with van der Waals surface area (Å²) in [4.78, 5) is 33.6. The SMILES string of the molecule is Cc1cc(-n2nc3c(c2-n2ccn(-c4ccc5c(cnn5C)c4F)c2=O)CN(C(=O)c2cc4cc([C@H]5CCOC6(CC6)C5)ccc4[nH]2)CC3)cc(C)c1F. The quantitative estimate of drug-likeness (QED) is 0.212. The van der Waals surface area contributed by atoms with E-state index in [1.54, 1.807) is 65.6 Å². The zero-order valence-corrected chi connectivity index (χ0v) is 30.2. The van der Waals surface area contributed by atoms with Crippen molar-refractivity contribution in [3.8, 4) is 17.2 Å². The lowest BCUT2D eigenvalue weighted by Crippen LogP contribution is -2.36. The number of aromatic amines is 1. The molecule has 11 nitrogen and oxygen atoms in total. The highest BCUT2D eigenvalue weighted by molar-refractivity contribution is 5.98. The lowest BCUT2D eigenvalue weighted by Gasteiger charge is -2.30. The zero-order valence-electron chi connectivity index (χ0n) is 30.2. The van der Waals surface area contributed by atoms with Crippen LogP contribution < -0.4 is 5.69 Å². The maximum atomic E-state index is 15.8. The van der Waals surface area contributed by atoms with Gasteiger partial charge in [-0.05, 0) is 105 Å². The predicted molar refractivity (Wildman–Crippen MR) is 199 cm³/mol. The largest absolute Gasteiger partial charge is 0.375 e. The molecule has 3 aromatic carbocycles. The van der Waals surface area contributed by atoms with Gasteiger partial charge in [-0.15, -0.1) is 0 Å². The van der Waals surface area contributed by atoms with Crippen molar-refractivity contribution in [1.82, 2.24) is 38.6 Å². The molecule has 274 valence electrons. The van der Waals surface area contributed by atoms with Crippen molar-refractivity contribution in [1.29, 1.82) is 0 Å². The fraction of sp³-hybridized carbons (Fsp3) is 0.317. The number of carbonyl (C=O) groups excluding carboxylic acids is 1. The highest BCUT2D eigenvalue weighted by Gasteiger charge is 2.48. The number of benzene rings is 3. The van der Waals surface area contributed by atoms with Gasteiger partial charge in [0.2, 0.25) is 0 Å². The van der Waals surface area contributed by atoms with Crippen molar-refractivity contribution in [2.45, 2.75) is 64.0 Å². The van der Waals surface area contributed by atoms with Gasteiger partial charge in [-0.3, -0.25) is 18.6 Å². The summed E-state index contributed by atoms with van der Waals surface area (Å²) >= 11 is 0. The van der Waals surface area contributed by atoms with Crippen LogP contribution in [0.1, 0.15) is 70.0 Å². The van der Waals surface area contributed by atoms with E-state index in [1.165, 1.54) is 27.1 Å². The topological polar surface area (TPSA) is 108 Å². The van der Waals surface area contributed by atoms with Gasteiger partial charge in [-0.1, -0.05) is 6.07 Å². The van der Waals surface area contributed by atoms with Crippen LogP contribution in [0.25, 0.3) is 39.0 Å². The molecule has 1 aliphatic carbocycles. The Morgan fingerprint density at radius 3 is 2.59 bits per heavy atom. The van der Waals surface area contributed by atoms with Crippen LogP contribution in [0.5, 0.6) is 0 Å². The van der Waals surface area contributed by atoms with E-state index in [0.29, 0.717) is 63.7 Å². The van der Waals surface area contributed by atoms with E-state index < -0.39 is 11.5 Å². The van der Waals surface area contributed by atoms with Crippen molar-refractivity contribution in [3.05, 3.63) is 123 Å². The van der Waals surface area contributed by atoms with Gasteiger partial charge < -0.3 is 14.6 Å². The first-order chi connectivity index (χ1) is 26.1. The van der Waals surface area contributed by atoms with Gasteiger partial charge in [0, 0.05) is 55.5 Å². The van der Waals surface area contributed by atoms with Gasteiger partial charge in [0.25, 0.3) is 5.91 Å². The molecule has 1 saturated heterocycles. The number of H-pyrrole nitrogens is 1. The van der Waals surface area contributed by atoms with Gasteiger partial charge in [0.1, 0.15) is 17.3 Å². The Labute approximate surface area is 308 Å². The molecular weight excluding hydrogens is 690 g/mol. The second-order valence-corrected chi connectivity index (χ2v) is 15.2. The number of carbonyl (C=O) groups is 1. The van der Waals surface area contributed by atoms with Crippen LogP contribution in [0.2, 0.25) is 0 Å². The molecule has 3 aliphatic rings. The normalized spacial score (nSPS) is 17.9. The third kappa shape index (κ3) is 5.08. The summed E-state index contributed by atoms with van der Waals surface area (Å²) < 4.78 is 42.6. The third-order valence-corrected chi connectivity index (χ3v) is 11.7. The Morgan fingerprint density at radius 1 is 1.00 bits per heavy atom. The smallest absolute Gasteiger partial charge is 0.338 e. The Morgan fingerprint density at radius 2 is 1.80 bits per heavy atom. The number of hydrogen-bond donors (Lipinski definition) is 1. The third-order valence-electron chi connectivity index (χ3n) is 11.7. The molecule has 0 radical (unpaired) electrons. The second kappa shape index (κ2) is 11.8. The molecule has 4 aromatic heterocycles. The molecule has 10 rings (SSSR count). The molecule has 13 heteroatoms. The molecule has 6 heterocycles. The van der Waals surface area contributed by atoms with E-state index in [9.17, 15) is 14.0 Å². The molecule has 1 spiro atoms. The zero-order chi connectivity index (χ0) is 37.0. The minimum Gasteiger partial charge on any atom is -0.375 e. The van der Waals surface area contributed by atoms with E-state index in [-0.39, 0.29) is 29.6 Å². The maximum Gasteiger partial charge on any atom is 0.338 e. The summed E-state index contributed by atoms with van der Waals surface area (Å²) in [5, 5.41) is 10.4. The van der Waals surface area contributed by atoms with Crippen LogP contribution >= 0.6 is 0 Å². The Bertz CT molecular complexity index is 2720. The molecule has 7 aromatic rings. The summed E-state index contributed by atoms with van der Waals surface area (Å²) in [5.74, 6) is -0.195. The van der Waals surface area contributed by atoms with Crippen LogP contribution in [0, 0.1) is 25.5 Å². The highest BCUT2D eigenvalue weighted by atomic mass is 19.1. The van der Waals surface area contributed by atoms with Crippen LogP contribution in [0.3, 0.4) is 0 Å². The van der Waals surface area contributed by atoms with E-state index in [2.05, 4.69) is 28.3 Å². The molecule has 0 bridgehead atoms. The minimum absolute atomic E-state index is 0.0728. The Kier molecular flexibility index (Phi) is 7.19. The number of halogens is 2. The average Bonchev–Trinajstić information content (AvgIpc) is 3.54. The number of fused-ring (bicyclic) bond motifs is 3. The lowest BCUT2D eigenvalue weighted by atomic mass is 9.87. The van der Waals surface area contributed by atoms with Crippen molar-refractivity contribution in [2.75, 3.05) is 13.2 Å². The first-order valence-electron chi connectivity index (χ1n) is 18.4. The number of nitrogens with one attached hydrogen (secondary N) is 1. The van der Waals surface area contributed by atoms with E-state index in [0.717, 1.165) is 48.9 Å². The van der Waals surface area contributed by atoms with Crippen LogP contribution in [0.15, 0.2) is 71.9 Å². The average molecular weight is 729 g/mol. The number of aryl methyl sites for hydroxylation is 3. The standard InChI is InChI=1S/C41H38F2N8O3/c1-23-16-28(17-24(2)36(23)42)51-38(50-14-13-49(40(50)53)35-7-6-34-29(37(35)43)21-44-47(34)3)30-22-48(12-8-32(30)46-51)39(52)33-19-27-18-25(4-5-31(27)45-33)26-9-15-54-41(20-26)10-11-41/h4-7,13-14,16-19,21,26,45H,8-12,15,20,22H2,1-3H3/t26-/m0/s1. The molecule has 1 amide bonds. The molecule has 1 atom stereocenters. The summed E-state index contributed by atoms with van der Waals surface area (Å²) in [5.41, 5.74) is 5.73. The molecule has 2 fully saturated rings. The van der Waals surface area contributed by atoms with Gasteiger partial charge in [0.05, 0.1) is 46.3 Å². The Hall–Kier alpha value is -5.82. The molecule has 2 aliphatic heterocycles. The molecule has 54 heavy (non-hydrogen) atoms. The molecule has 1 N–H and O–H groups in total. The fourth-order valence-corrected chi connectivity index (χ4v) is 8.59. The minimum atomic E-state index is -0.567. The molecule has 0 unspecified atom stereocenters. The molecular formula is C41H38F2N8O3. The Balaban J connectivity index is 1.03. The summed E-state index contributed by atoms with van der Waals surface area (Å²) in [6.45, 7) is 4.75. The summed E-state index contributed by atoms with van der Waals surface area (Å²) in [6.07, 6.45) is 9.28. The number of hydrogen-bond acceptors (Lipinski definition) is 5. The van der Waals surface area contributed by atoms with E-state index in [1.807, 2.05) is 6.07 Å². The number of imidazole rings is 1. The van der Waals surface area contributed by atoms with Gasteiger partial charge >= 0.3 is 5.69 Å². The number of nitrogens with zero attached hydrogens (tertiary/aromatic N) is 7. The van der Waals surface area contributed by atoms with Crippen LogP contribution in [0.4, 0.5) is 8.78 Å². The summed E-state index contributed by atoms with van der Waals surface area (Å²) in [7, 11) is 1.73. The number of ether oxygens (including phenoxy) is 1. The fourth-order valence-electron chi connectivity index (χ4n) is 8.59. The van der Waals surface area contributed by atoms with Gasteiger partial charge in [-0.25, -0.2) is 18.3 Å². The monoisotopic (exact) mass is 728 g/mol. The van der Waals surface area contributed by atoms with E-state index in [4.69, 9.17) is 9.84 Å². The molecule has 1 saturated carbocycles. The van der Waals surface area contributed by atoms with E-state index >= 15 is 4.39 Å². The number of rotatable bonds is 5. The van der Waals surface area contributed by atoms with Gasteiger partial charge in [0.15, 0.2) is 5.82 Å².